The first-order valence-corrected chi connectivity index (χ1v) is 2.24. The third kappa shape index (κ3) is 5.82. The zero-order valence-electron chi connectivity index (χ0n) is 5.69. The Hall–Kier alpha value is 0.224. The molecule has 0 aliphatic rings. The van der Waals surface area contributed by atoms with Crippen LogP contribution < -0.4 is 10.2 Å². The standard InChI is InChI=1S/C4H6O6.Ag.Zn/c5-1(3(7)8)2(6)4(9)10;;/h1-2,5-6H,(H,7,8)(H,9,10);;/q;+1;+2/p-2. The van der Waals surface area contributed by atoms with Crippen LogP contribution in [0.3, 0.4) is 0 Å². The van der Waals surface area contributed by atoms with Crippen molar-refractivity contribution in [3.63, 3.8) is 0 Å². The maximum Gasteiger partial charge on any atom is 2.00 e. The molecule has 0 radical (unpaired) electrons. The Bertz CT molecular complexity index is 144. The van der Waals surface area contributed by atoms with Crippen LogP contribution in [0.25, 0.3) is 0 Å². The van der Waals surface area contributed by atoms with Gasteiger partial charge in [0.1, 0.15) is 12.2 Å². The van der Waals surface area contributed by atoms with E-state index in [4.69, 9.17) is 10.2 Å². The van der Waals surface area contributed by atoms with E-state index in [-0.39, 0.29) is 41.9 Å². The van der Waals surface area contributed by atoms with Crippen molar-refractivity contribution in [3.8, 4) is 0 Å². The molecule has 0 fully saturated rings. The van der Waals surface area contributed by atoms with Crippen LogP contribution in [0.5, 0.6) is 0 Å². The van der Waals surface area contributed by atoms with Gasteiger partial charge in [-0.15, -0.1) is 0 Å². The molecule has 8 heteroatoms. The van der Waals surface area contributed by atoms with Crippen molar-refractivity contribution in [1.82, 2.24) is 0 Å². The Morgan fingerprint density at radius 1 is 1.00 bits per heavy atom. The van der Waals surface area contributed by atoms with Gasteiger partial charge in [0.25, 0.3) is 0 Å². The van der Waals surface area contributed by atoms with Gasteiger partial charge in [-0.25, -0.2) is 0 Å². The van der Waals surface area contributed by atoms with Crippen LogP contribution in [0.1, 0.15) is 0 Å². The van der Waals surface area contributed by atoms with Crippen LogP contribution in [0.15, 0.2) is 0 Å². The normalized spacial score (nSPS) is 13.2. The third-order valence-corrected chi connectivity index (χ3v) is 0.782. The van der Waals surface area contributed by atoms with E-state index in [1.165, 1.54) is 0 Å². The number of aliphatic hydroxyl groups is 2. The molecule has 2 atom stereocenters. The van der Waals surface area contributed by atoms with Crippen LogP contribution in [0.2, 0.25) is 0 Å². The van der Waals surface area contributed by atoms with Crippen molar-refractivity contribution < 1.29 is 71.9 Å². The van der Waals surface area contributed by atoms with Crippen LogP contribution in [-0.2, 0) is 51.4 Å². The summed E-state index contributed by atoms with van der Waals surface area (Å²) in [5.74, 6) is -4.12. The van der Waals surface area contributed by atoms with Crippen molar-refractivity contribution in [3.05, 3.63) is 0 Å². The number of carbonyl (C=O) groups is 2. The Morgan fingerprint density at radius 2 is 1.17 bits per heavy atom. The van der Waals surface area contributed by atoms with Crippen molar-refractivity contribution in [2.24, 2.45) is 0 Å². The second-order valence-electron chi connectivity index (χ2n) is 1.53. The van der Waals surface area contributed by atoms with Gasteiger partial charge in [-0.3, -0.25) is 0 Å². The molecular formula is C4H4AgO6Zn+. The second kappa shape index (κ2) is 7.85. The van der Waals surface area contributed by atoms with Crippen LogP contribution in [0.4, 0.5) is 0 Å². The molecular weight excluding hydrogens is 317 g/mol. The van der Waals surface area contributed by atoms with Gasteiger partial charge in [0.05, 0.1) is 11.9 Å². The molecule has 0 aromatic carbocycles. The molecule has 0 aliphatic heterocycles. The molecule has 12 heavy (non-hydrogen) atoms. The first-order valence-electron chi connectivity index (χ1n) is 2.24. The molecule has 0 heterocycles. The van der Waals surface area contributed by atoms with E-state index < -0.39 is 24.1 Å². The predicted molar refractivity (Wildman–Crippen MR) is 22.0 cm³/mol. The average Bonchev–Trinajstić information content (AvgIpc) is 1.84. The zero-order valence-corrected chi connectivity index (χ0v) is 10.1. The van der Waals surface area contributed by atoms with Gasteiger partial charge >= 0.3 is 41.9 Å². The minimum Gasteiger partial charge on any atom is -0.547 e. The second-order valence-corrected chi connectivity index (χ2v) is 1.53. The Morgan fingerprint density at radius 3 is 1.25 bits per heavy atom. The number of aliphatic hydroxyl groups excluding tert-OH is 2. The summed E-state index contributed by atoms with van der Waals surface area (Å²) in [5.41, 5.74) is 0. The molecule has 0 saturated carbocycles. The quantitative estimate of drug-likeness (QED) is 0.503. The summed E-state index contributed by atoms with van der Waals surface area (Å²) in [6.07, 6.45) is -4.88. The average molecular weight is 321 g/mol. The molecule has 0 aromatic heterocycles. The number of carbonyl (C=O) groups excluding carboxylic acids is 2. The molecule has 2 N–H and O–H groups in total. The van der Waals surface area contributed by atoms with E-state index in [2.05, 4.69) is 0 Å². The van der Waals surface area contributed by atoms with Crippen LogP contribution >= 0.6 is 0 Å². The van der Waals surface area contributed by atoms with E-state index in [1.807, 2.05) is 0 Å². The summed E-state index contributed by atoms with van der Waals surface area (Å²) in [7, 11) is 0. The Kier molecular flexibility index (Phi) is 11.8. The fourth-order valence-corrected chi connectivity index (χ4v) is 0.258. The summed E-state index contributed by atoms with van der Waals surface area (Å²) >= 11 is 0. The fraction of sp³-hybridized carbons (Fsp3) is 0.500. The Balaban J connectivity index is -0.000000405. The van der Waals surface area contributed by atoms with Gasteiger partial charge in [-0.1, -0.05) is 0 Å². The SMILES string of the molecule is O=C([O-])C(O)C(O)C(=O)[O-].[Ag+].[Zn+2]. The number of hydrogen-bond donors (Lipinski definition) is 2. The van der Waals surface area contributed by atoms with Crippen molar-refractivity contribution in [2.45, 2.75) is 12.2 Å². The smallest absolute Gasteiger partial charge is 0.547 e. The van der Waals surface area contributed by atoms with Crippen LogP contribution in [-0.4, -0.2) is 34.4 Å². The summed E-state index contributed by atoms with van der Waals surface area (Å²) in [4.78, 5) is 19.3. The van der Waals surface area contributed by atoms with Gasteiger partial charge in [0, 0.05) is 0 Å². The first kappa shape index (κ1) is 18.1. The van der Waals surface area contributed by atoms with E-state index in [0.29, 0.717) is 0 Å². The Labute approximate surface area is 95.9 Å². The maximum atomic E-state index is 9.63. The third-order valence-electron chi connectivity index (χ3n) is 0.782. The van der Waals surface area contributed by atoms with Gasteiger partial charge in [0.15, 0.2) is 0 Å². The van der Waals surface area contributed by atoms with E-state index >= 15 is 0 Å². The molecule has 0 rings (SSSR count). The minimum atomic E-state index is -2.44. The van der Waals surface area contributed by atoms with Crippen LogP contribution in [0, 0.1) is 0 Å². The van der Waals surface area contributed by atoms with E-state index in [1.54, 1.807) is 0 Å². The first-order chi connectivity index (χ1) is 4.46. The monoisotopic (exact) mass is 319 g/mol. The molecule has 0 bridgehead atoms. The molecule has 2 unspecified atom stereocenters. The minimum absolute atomic E-state index is 0. The van der Waals surface area contributed by atoms with Crippen molar-refractivity contribution in [2.75, 3.05) is 0 Å². The van der Waals surface area contributed by atoms with E-state index in [0.717, 1.165) is 0 Å². The molecule has 6 nitrogen and oxygen atoms in total. The molecule has 68 valence electrons. The molecule has 0 aliphatic carbocycles. The molecule has 0 saturated heterocycles. The predicted octanol–water partition coefficient (Wildman–Crippen LogP) is -4.80. The van der Waals surface area contributed by atoms with Gasteiger partial charge in [-0.2, -0.15) is 0 Å². The molecule has 0 amide bonds. The summed E-state index contributed by atoms with van der Waals surface area (Å²) in [5, 5.41) is 35.7. The summed E-state index contributed by atoms with van der Waals surface area (Å²) in [6.45, 7) is 0. The number of rotatable bonds is 3. The topological polar surface area (TPSA) is 121 Å². The number of carboxylic acid groups (broad SMARTS) is 2. The molecule has 0 spiro atoms. The van der Waals surface area contributed by atoms with Crippen molar-refractivity contribution >= 4 is 11.9 Å². The number of carboxylic acids is 2. The van der Waals surface area contributed by atoms with E-state index in [9.17, 15) is 19.8 Å². The summed E-state index contributed by atoms with van der Waals surface area (Å²) < 4.78 is 0. The van der Waals surface area contributed by atoms with Gasteiger partial charge in [0.2, 0.25) is 0 Å². The number of hydrogen-bond acceptors (Lipinski definition) is 6. The summed E-state index contributed by atoms with van der Waals surface area (Å²) in [6, 6.07) is 0. The van der Waals surface area contributed by atoms with Gasteiger partial charge in [-0.05, 0) is 0 Å². The van der Waals surface area contributed by atoms with Crippen molar-refractivity contribution in [1.29, 1.82) is 0 Å². The van der Waals surface area contributed by atoms with Gasteiger partial charge < -0.3 is 30.0 Å². The fourth-order valence-electron chi connectivity index (χ4n) is 0.258. The number of aliphatic carboxylic acids is 2. The largest absolute Gasteiger partial charge is 2.00 e. The zero-order chi connectivity index (χ0) is 8.31. The molecule has 0 aromatic rings. The maximum absolute atomic E-state index is 9.63.